The maximum Gasteiger partial charge on any atom is 0.0224 e. The van der Waals surface area contributed by atoms with Crippen molar-refractivity contribution < 1.29 is 0 Å². The van der Waals surface area contributed by atoms with Crippen molar-refractivity contribution in [2.45, 2.75) is 65.0 Å². The molecule has 1 saturated heterocycles. The molecule has 0 aromatic rings. The van der Waals surface area contributed by atoms with Crippen LogP contribution in [0.2, 0.25) is 0 Å². The van der Waals surface area contributed by atoms with Gasteiger partial charge in [0, 0.05) is 18.6 Å². The zero-order valence-electron chi connectivity index (χ0n) is 10.8. The van der Waals surface area contributed by atoms with E-state index in [1.165, 1.54) is 51.7 Å². The Labute approximate surface area is 95.4 Å². The topological polar surface area (TPSA) is 15.3 Å². The predicted molar refractivity (Wildman–Crippen MR) is 67.3 cm³/mol. The highest BCUT2D eigenvalue weighted by molar-refractivity contribution is 4.82. The number of hydrogen-bond donors (Lipinski definition) is 1. The molecule has 1 unspecified atom stereocenters. The molecule has 0 spiro atoms. The maximum atomic E-state index is 3.54. The van der Waals surface area contributed by atoms with Gasteiger partial charge in [-0.25, -0.2) is 0 Å². The van der Waals surface area contributed by atoms with Gasteiger partial charge in [0.1, 0.15) is 0 Å². The Kier molecular flexibility index (Phi) is 6.26. The number of rotatable bonds is 6. The molecule has 1 atom stereocenters. The third kappa shape index (κ3) is 3.76. The second kappa shape index (κ2) is 7.24. The molecule has 2 nitrogen and oxygen atoms in total. The zero-order valence-corrected chi connectivity index (χ0v) is 10.8. The Morgan fingerprint density at radius 3 is 2.47 bits per heavy atom. The van der Waals surface area contributed by atoms with Crippen LogP contribution in [-0.4, -0.2) is 36.6 Å². The summed E-state index contributed by atoms with van der Waals surface area (Å²) in [4.78, 5) is 2.76. The molecule has 0 bridgehead atoms. The van der Waals surface area contributed by atoms with Crippen LogP contribution in [0.3, 0.4) is 0 Å². The predicted octanol–water partition coefficient (Wildman–Crippen LogP) is 2.64. The van der Waals surface area contributed by atoms with Gasteiger partial charge in [0.05, 0.1) is 0 Å². The van der Waals surface area contributed by atoms with Crippen LogP contribution in [0.15, 0.2) is 0 Å². The van der Waals surface area contributed by atoms with E-state index in [0.29, 0.717) is 0 Å². The molecule has 1 rings (SSSR count). The Balaban J connectivity index is 2.53. The summed E-state index contributed by atoms with van der Waals surface area (Å²) in [6, 6.07) is 1.60. The van der Waals surface area contributed by atoms with Crippen LogP contribution in [0.4, 0.5) is 0 Å². The highest BCUT2D eigenvalue weighted by Gasteiger charge is 2.24. The molecule has 0 aromatic carbocycles. The number of nitrogens with zero attached hydrogens (tertiary/aromatic N) is 1. The van der Waals surface area contributed by atoms with Crippen molar-refractivity contribution in [2.24, 2.45) is 0 Å². The van der Waals surface area contributed by atoms with Crippen molar-refractivity contribution >= 4 is 0 Å². The maximum absolute atomic E-state index is 3.54. The molecule has 1 aliphatic heterocycles. The average molecular weight is 212 g/mol. The first-order valence-corrected chi connectivity index (χ1v) is 6.79. The summed E-state index contributed by atoms with van der Waals surface area (Å²) in [6.45, 7) is 10.7. The fourth-order valence-electron chi connectivity index (χ4n) is 2.80. The summed E-state index contributed by atoms with van der Waals surface area (Å²) in [5.41, 5.74) is 0. The minimum Gasteiger partial charge on any atom is -0.315 e. The lowest BCUT2D eigenvalue weighted by Crippen LogP contribution is -2.50. The van der Waals surface area contributed by atoms with Gasteiger partial charge in [-0.1, -0.05) is 20.8 Å². The molecule has 1 heterocycles. The van der Waals surface area contributed by atoms with Crippen molar-refractivity contribution in [2.75, 3.05) is 19.6 Å². The van der Waals surface area contributed by atoms with E-state index < -0.39 is 0 Å². The average Bonchev–Trinajstić information content (AvgIpc) is 2.30. The van der Waals surface area contributed by atoms with Gasteiger partial charge < -0.3 is 5.32 Å². The summed E-state index contributed by atoms with van der Waals surface area (Å²) in [5, 5.41) is 3.54. The summed E-state index contributed by atoms with van der Waals surface area (Å²) in [5.74, 6) is 0. The minimum atomic E-state index is 0.795. The van der Waals surface area contributed by atoms with E-state index in [1.54, 1.807) is 0 Å². The minimum absolute atomic E-state index is 0.795. The van der Waals surface area contributed by atoms with E-state index in [1.807, 2.05) is 0 Å². The standard InChI is InChI=1S/C13H28N2/c1-4-10-15(12(5-2)6-3)13-8-7-9-14-11-13/h12-14H,4-11H2,1-3H3. The monoisotopic (exact) mass is 212 g/mol. The first-order chi connectivity index (χ1) is 7.33. The van der Waals surface area contributed by atoms with Crippen LogP contribution in [0.5, 0.6) is 0 Å². The molecule has 0 saturated carbocycles. The molecule has 0 aromatic heterocycles. The molecule has 1 fully saturated rings. The van der Waals surface area contributed by atoms with Crippen LogP contribution < -0.4 is 5.32 Å². The van der Waals surface area contributed by atoms with Gasteiger partial charge in [0.25, 0.3) is 0 Å². The molecule has 2 heteroatoms. The van der Waals surface area contributed by atoms with Crippen LogP contribution in [0.25, 0.3) is 0 Å². The van der Waals surface area contributed by atoms with Gasteiger partial charge in [0.15, 0.2) is 0 Å². The van der Waals surface area contributed by atoms with E-state index in [2.05, 4.69) is 31.0 Å². The molecule has 0 amide bonds. The van der Waals surface area contributed by atoms with Gasteiger partial charge in [0.2, 0.25) is 0 Å². The lowest BCUT2D eigenvalue weighted by molar-refractivity contribution is 0.106. The van der Waals surface area contributed by atoms with E-state index in [-0.39, 0.29) is 0 Å². The van der Waals surface area contributed by atoms with Crippen LogP contribution >= 0.6 is 0 Å². The van der Waals surface area contributed by atoms with Crippen molar-refractivity contribution in [3.63, 3.8) is 0 Å². The second-order valence-corrected chi connectivity index (χ2v) is 4.71. The quantitative estimate of drug-likeness (QED) is 0.728. The fraction of sp³-hybridized carbons (Fsp3) is 1.00. The number of hydrogen-bond acceptors (Lipinski definition) is 2. The highest BCUT2D eigenvalue weighted by atomic mass is 15.2. The summed E-state index contributed by atoms with van der Waals surface area (Å²) in [7, 11) is 0. The van der Waals surface area contributed by atoms with Gasteiger partial charge in [-0.05, 0) is 45.2 Å². The molecule has 0 aliphatic carbocycles. The third-order valence-corrected chi connectivity index (χ3v) is 3.63. The van der Waals surface area contributed by atoms with Gasteiger partial charge in [-0.15, -0.1) is 0 Å². The third-order valence-electron chi connectivity index (χ3n) is 3.63. The summed E-state index contributed by atoms with van der Waals surface area (Å²) in [6.07, 6.45) is 6.63. The summed E-state index contributed by atoms with van der Waals surface area (Å²) >= 11 is 0. The molecule has 15 heavy (non-hydrogen) atoms. The van der Waals surface area contributed by atoms with Crippen molar-refractivity contribution in [1.29, 1.82) is 0 Å². The van der Waals surface area contributed by atoms with Crippen molar-refractivity contribution in [3.8, 4) is 0 Å². The number of nitrogens with one attached hydrogen (secondary N) is 1. The molecule has 0 radical (unpaired) electrons. The first-order valence-electron chi connectivity index (χ1n) is 6.79. The Morgan fingerprint density at radius 2 is 2.00 bits per heavy atom. The molecular weight excluding hydrogens is 184 g/mol. The summed E-state index contributed by atoms with van der Waals surface area (Å²) < 4.78 is 0. The first kappa shape index (κ1) is 13.0. The Bertz CT molecular complexity index is 149. The van der Waals surface area contributed by atoms with Crippen molar-refractivity contribution in [1.82, 2.24) is 10.2 Å². The van der Waals surface area contributed by atoms with Crippen LogP contribution in [-0.2, 0) is 0 Å². The van der Waals surface area contributed by atoms with Crippen LogP contribution in [0.1, 0.15) is 52.9 Å². The smallest absolute Gasteiger partial charge is 0.0224 e. The second-order valence-electron chi connectivity index (χ2n) is 4.71. The van der Waals surface area contributed by atoms with E-state index in [4.69, 9.17) is 0 Å². The van der Waals surface area contributed by atoms with Crippen LogP contribution in [0, 0.1) is 0 Å². The SMILES string of the molecule is CCCN(C(CC)CC)C1CCCNC1. The largest absolute Gasteiger partial charge is 0.315 e. The fourth-order valence-corrected chi connectivity index (χ4v) is 2.80. The zero-order chi connectivity index (χ0) is 11.1. The van der Waals surface area contributed by atoms with E-state index >= 15 is 0 Å². The van der Waals surface area contributed by atoms with Gasteiger partial charge >= 0.3 is 0 Å². The van der Waals surface area contributed by atoms with Crippen molar-refractivity contribution in [3.05, 3.63) is 0 Å². The number of piperidine rings is 1. The van der Waals surface area contributed by atoms with Gasteiger partial charge in [-0.2, -0.15) is 0 Å². The molecule has 90 valence electrons. The van der Waals surface area contributed by atoms with E-state index in [0.717, 1.165) is 12.1 Å². The molecule has 1 aliphatic rings. The van der Waals surface area contributed by atoms with E-state index in [9.17, 15) is 0 Å². The normalized spacial score (nSPS) is 22.6. The Morgan fingerprint density at radius 1 is 1.27 bits per heavy atom. The lowest BCUT2D eigenvalue weighted by Gasteiger charge is -2.39. The highest BCUT2D eigenvalue weighted by Crippen LogP contribution is 2.18. The lowest BCUT2D eigenvalue weighted by atomic mass is 10.0. The molecular formula is C13H28N2. The molecule has 1 N–H and O–H groups in total. The Hall–Kier alpha value is -0.0800. The van der Waals surface area contributed by atoms with Gasteiger partial charge in [-0.3, -0.25) is 4.90 Å².